The summed E-state index contributed by atoms with van der Waals surface area (Å²) in [5, 5.41) is 2.83. The summed E-state index contributed by atoms with van der Waals surface area (Å²) in [4.78, 5) is 25.1. The maximum atomic E-state index is 11.7. The Morgan fingerprint density at radius 3 is 2.78 bits per heavy atom. The molecule has 0 radical (unpaired) electrons. The topological polar surface area (TPSA) is 58.6 Å². The van der Waals surface area contributed by atoms with Gasteiger partial charge < -0.3 is 15.0 Å². The van der Waals surface area contributed by atoms with E-state index in [1.165, 1.54) is 6.08 Å². The van der Waals surface area contributed by atoms with E-state index >= 15 is 0 Å². The standard InChI is InChI=1S/C18H24N2O3/c1-2-23-16-9-6-15(7-10-16)8-11-17(21)19-12-4-14-20-13-3-5-18(20)22/h6-11H,2-5,12-14H2,1H3,(H,19,21)/b11-8+. The Bertz CT molecular complexity index is 552. The van der Waals surface area contributed by atoms with Gasteiger partial charge in [0.05, 0.1) is 6.61 Å². The zero-order valence-corrected chi connectivity index (χ0v) is 13.6. The molecule has 0 spiro atoms. The van der Waals surface area contributed by atoms with Gasteiger partial charge in [0.2, 0.25) is 11.8 Å². The van der Waals surface area contributed by atoms with Gasteiger partial charge in [0.15, 0.2) is 0 Å². The highest BCUT2D eigenvalue weighted by atomic mass is 16.5. The van der Waals surface area contributed by atoms with Crippen LogP contribution in [0.5, 0.6) is 5.75 Å². The molecule has 0 aromatic heterocycles. The summed E-state index contributed by atoms with van der Waals surface area (Å²) in [5.74, 6) is 0.934. The molecule has 0 unspecified atom stereocenters. The highest BCUT2D eigenvalue weighted by molar-refractivity contribution is 5.91. The van der Waals surface area contributed by atoms with E-state index in [1.54, 1.807) is 6.08 Å². The fraction of sp³-hybridized carbons (Fsp3) is 0.444. The highest BCUT2D eigenvalue weighted by Gasteiger charge is 2.18. The van der Waals surface area contributed by atoms with Crippen LogP contribution < -0.4 is 10.1 Å². The summed E-state index contributed by atoms with van der Waals surface area (Å²) in [5.41, 5.74) is 0.950. The maximum Gasteiger partial charge on any atom is 0.244 e. The Morgan fingerprint density at radius 1 is 1.35 bits per heavy atom. The normalized spacial score (nSPS) is 14.5. The lowest BCUT2D eigenvalue weighted by Gasteiger charge is -2.14. The van der Waals surface area contributed by atoms with Gasteiger partial charge in [0.25, 0.3) is 0 Å². The minimum absolute atomic E-state index is 0.119. The number of amides is 2. The van der Waals surface area contributed by atoms with E-state index in [1.807, 2.05) is 36.1 Å². The van der Waals surface area contributed by atoms with Crippen molar-refractivity contribution < 1.29 is 14.3 Å². The lowest BCUT2D eigenvalue weighted by atomic mass is 10.2. The van der Waals surface area contributed by atoms with Crippen molar-refractivity contribution in [2.45, 2.75) is 26.2 Å². The molecule has 1 saturated heterocycles. The summed E-state index contributed by atoms with van der Waals surface area (Å²) in [7, 11) is 0. The van der Waals surface area contributed by atoms with Gasteiger partial charge in [-0.2, -0.15) is 0 Å². The van der Waals surface area contributed by atoms with Gasteiger partial charge in [-0.15, -0.1) is 0 Å². The largest absolute Gasteiger partial charge is 0.494 e. The lowest BCUT2D eigenvalue weighted by molar-refractivity contribution is -0.127. The molecule has 124 valence electrons. The first-order valence-electron chi connectivity index (χ1n) is 8.15. The summed E-state index contributed by atoms with van der Waals surface area (Å²) in [6.45, 7) is 4.74. The van der Waals surface area contributed by atoms with Crippen LogP contribution in [0.4, 0.5) is 0 Å². The Labute approximate surface area is 137 Å². The van der Waals surface area contributed by atoms with Crippen molar-refractivity contribution in [2.24, 2.45) is 0 Å². The number of carbonyl (C=O) groups excluding carboxylic acids is 2. The third-order valence-corrected chi connectivity index (χ3v) is 3.69. The molecule has 0 bridgehead atoms. The Kier molecular flexibility index (Phi) is 6.66. The minimum atomic E-state index is -0.119. The van der Waals surface area contributed by atoms with Crippen LogP contribution in [0.25, 0.3) is 6.08 Å². The second kappa shape index (κ2) is 8.98. The second-order valence-corrected chi connectivity index (χ2v) is 5.46. The van der Waals surface area contributed by atoms with Gasteiger partial charge in [-0.3, -0.25) is 9.59 Å². The predicted molar refractivity (Wildman–Crippen MR) is 90.1 cm³/mol. The Balaban J connectivity index is 1.66. The van der Waals surface area contributed by atoms with E-state index in [0.717, 1.165) is 37.2 Å². The average molecular weight is 316 g/mol. The van der Waals surface area contributed by atoms with Crippen molar-refractivity contribution >= 4 is 17.9 Å². The third-order valence-electron chi connectivity index (χ3n) is 3.69. The average Bonchev–Trinajstić information content (AvgIpc) is 2.96. The lowest BCUT2D eigenvalue weighted by Crippen LogP contribution is -2.29. The molecule has 1 aromatic carbocycles. The van der Waals surface area contributed by atoms with E-state index in [-0.39, 0.29) is 11.8 Å². The highest BCUT2D eigenvalue weighted by Crippen LogP contribution is 2.13. The number of nitrogens with one attached hydrogen (secondary N) is 1. The predicted octanol–water partition coefficient (Wildman–Crippen LogP) is 2.23. The molecule has 1 N–H and O–H groups in total. The SMILES string of the molecule is CCOc1ccc(/C=C/C(=O)NCCCN2CCCC2=O)cc1. The van der Waals surface area contributed by atoms with Crippen LogP contribution in [-0.4, -0.2) is 43.0 Å². The Hall–Kier alpha value is -2.30. The molecule has 0 aliphatic carbocycles. The first-order chi connectivity index (χ1) is 11.2. The molecule has 0 saturated carbocycles. The number of hydrogen-bond acceptors (Lipinski definition) is 3. The number of ether oxygens (including phenoxy) is 1. The monoisotopic (exact) mass is 316 g/mol. The zero-order chi connectivity index (χ0) is 16.5. The quantitative estimate of drug-likeness (QED) is 0.591. The molecule has 0 atom stereocenters. The molecule has 1 fully saturated rings. The van der Waals surface area contributed by atoms with Crippen molar-refractivity contribution in [3.63, 3.8) is 0 Å². The van der Waals surface area contributed by atoms with E-state index in [0.29, 0.717) is 19.6 Å². The van der Waals surface area contributed by atoms with E-state index in [4.69, 9.17) is 4.74 Å². The molecule has 1 aliphatic heterocycles. The van der Waals surface area contributed by atoms with Crippen molar-refractivity contribution in [3.05, 3.63) is 35.9 Å². The van der Waals surface area contributed by atoms with Crippen LogP contribution in [0, 0.1) is 0 Å². The number of rotatable bonds is 8. The molecule has 1 aliphatic rings. The van der Waals surface area contributed by atoms with Crippen LogP contribution >= 0.6 is 0 Å². The molecule has 2 amide bonds. The van der Waals surface area contributed by atoms with Gasteiger partial charge >= 0.3 is 0 Å². The summed E-state index contributed by atoms with van der Waals surface area (Å²) in [6.07, 6.45) is 5.70. The van der Waals surface area contributed by atoms with Crippen molar-refractivity contribution in [2.75, 3.05) is 26.2 Å². The van der Waals surface area contributed by atoms with Crippen LogP contribution in [-0.2, 0) is 9.59 Å². The van der Waals surface area contributed by atoms with Gasteiger partial charge in [-0.05, 0) is 43.5 Å². The summed E-state index contributed by atoms with van der Waals surface area (Å²) < 4.78 is 5.37. The maximum absolute atomic E-state index is 11.7. The fourth-order valence-corrected chi connectivity index (χ4v) is 2.49. The van der Waals surface area contributed by atoms with Crippen LogP contribution in [0.15, 0.2) is 30.3 Å². The van der Waals surface area contributed by atoms with Gasteiger partial charge in [-0.1, -0.05) is 12.1 Å². The summed E-state index contributed by atoms with van der Waals surface area (Å²) >= 11 is 0. The number of nitrogens with zero attached hydrogens (tertiary/aromatic N) is 1. The number of benzene rings is 1. The third kappa shape index (κ3) is 5.77. The molecule has 1 aromatic rings. The fourth-order valence-electron chi connectivity index (χ4n) is 2.49. The summed E-state index contributed by atoms with van der Waals surface area (Å²) in [6, 6.07) is 7.59. The van der Waals surface area contributed by atoms with Crippen molar-refractivity contribution in [1.82, 2.24) is 10.2 Å². The van der Waals surface area contributed by atoms with Crippen LogP contribution in [0.1, 0.15) is 31.7 Å². The number of carbonyl (C=O) groups is 2. The van der Waals surface area contributed by atoms with Crippen molar-refractivity contribution in [3.8, 4) is 5.75 Å². The molecule has 2 rings (SSSR count). The van der Waals surface area contributed by atoms with Crippen molar-refractivity contribution in [1.29, 1.82) is 0 Å². The van der Waals surface area contributed by atoms with Gasteiger partial charge in [0.1, 0.15) is 5.75 Å². The van der Waals surface area contributed by atoms with E-state index < -0.39 is 0 Å². The number of likely N-dealkylation sites (tertiary alicyclic amines) is 1. The van der Waals surface area contributed by atoms with Crippen LogP contribution in [0.2, 0.25) is 0 Å². The molecular formula is C18H24N2O3. The van der Waals surface area contributed by atoms with E-state index in [9.17, 15) is 9.59 Å². The molecule has 5 nitrogen and oxygen atoms in total. The zero-order valence-electron chi connectivity index (χ0n) is 13.6. The Morgan fingerprint density at radius 2 is 2.13 bits per heavy atom. The molecule has 1 heterocycles. The minimum Gasteiger partial charge on any atom is -0.494 e. The second-order valence-electron chi connectivity index (χ2n) is 5.46. The smallest absolute Gasteiger partial charge is 0.244 e. The molecule has 23 heavy (non-hydrogen) atoms. The van der Waals surface area contributed by atoms with Gasteiger partial charge in [0, 0.05) is 32.1 Å². The first kappa shape index (κ1) is 17.1. The van der Waals surface area contributed by atoms with Gasteiger partial charge in [-0.25, -0.2) is 0 Å². The molecule has 5 heteroatoms. The first-order valence-corrected chi connectivity index (χ1v) is 8.15. The molecular weight excluding hydrogens is 292 g/mol. The van der Waals surface area contributed by atoms with Crippen LogP contribution in [0.3, 0.4) is 0 Å². The number of hydrogen-bond donors (Lipinski definition) is 1. The van der Waals surface area contributed by atoms with E-state index in [2.05, 4.69) is 5.32 Å².